The molecule has 1 N–H and O–H groups in total. The Labute approximate surface area is 119 Å². The minimum Gasteiger partial charge on any atom is -0.330 e. The van der Waals surface area contributed by atoms with Crippen LogP contribution >= 0.6 is 11.3 Å². The summed E-state index contributed by atoms with van der Waals surface area (Å²) in [5, 5.41) is 6.12. The van der Waals surface area contributed by atoms with E-state index in [0.29, 0.717) is 12.0 Å². The summed E-state index contributed by atoms with van der Waals surface area (Å²) in [5.41, 5.74) is 0.952. The number of carbonyl (C=O) groups excluding carboxylic acids is 1. The fourth-order valence-electron chi connectivity index (χ4n) is 2.49. The van der Waals surface area contributed by atoms with Crippen molar-refractivity contribution in [3.05, 3.63) is 16.1 Å². The highest BCUT2D eigenvalue weighted by Gasteiger charge is 2.27. The monoisotopic (exact) mass is 281 g/mol. The van der Waals surface area contributed by atoms with Gasteiger partial charge < -0.3 is 10.2 Å². The molecular formula is C14H23N3OS. The van der Waals surface area contributed by atoms with Crippen molar-refractivity contribution >= 4 is 17.4 Å². The number of nitrogens with one attached hydrogen (secondary N) is 1. The molecule has 106 valence electrons. The van der Waals surface area contributed by atoms with Gasteiger partial charge in [-0.1, -0.05) is 6.92 Å². The first-order valence-electron chi connectivity index (χ1n) is 6.96. The molecule has 19 heavy (non-hydrogen) atoms. The summed E-state index contributed by atoms with van der Waals surface area (Å²) < 4.78 is 0. The first kappa shape index (κ1) is 14.3. The van der Waals surface area contributed by atoms with Crippen LogP contribution in [0.5, 0.6) is 0 Å². The fourth-order valence-corrected chi connectivity index (χ4v) is 3.20. The standard InChI is InChI=1S/C14H23N3OS/c1-9-5-6-10(2)17(7-9)14(18)15-11(3)13-8-19-12(4)16-13/h8-11H,5-7H2,1-4H3,(H,15,18). The molecule has 2 amide bonds. The molecule has 5 heteroatoms. The lowest BCUT2D eigenvalue weighted by Crippen LogP contribution is -2.50. The molecule has 0 bridgehead atoms. The quantitative estimate of drug-likeness (QED) is 0.903. The van der Waals surface area contributed by atoms with Crippen LogP contribution in [0.2, 0.25) is 0 Å². The van der Waals surface area contributed by atoms with Crippen LogP contribution in [0.15, 0.2) is 5.38 Å². The average molecular weight is 281 g/mol. The maximum atomic E-state index is 12.3. The van der Waals surface area contributed by atoms with Crippen LogP contribution in [0.3, 0.4) is 0 Å². The number of carbonyl (C=O) groups is 1. The van der Waals surface area contributed by atoms with E-state index in [9.17, 15) is 4.79 Å². The Balaban J connectivity index is 1.96. The Bertz CT molecular complexity index is 446. The van der Waals surface area contributed by atoms with Gasteiger partial charge in [0.2, 0.25) is 0 Å². The van der Waals surface area contributed by atoms with E-state index in [1.807, 2.05) is 24.1 Å². The highest BCUT2D eigenvalue weighted by atomic mass is 32.1. The molecule has 1 fully saturated rings. The number of rotatable bonds is 2. The fraction of sp³-hybridized carbons (Fsp3) is 0.714. The van der Waals surface area contributed by atoms with Gasteiger partial charge >= 0.3 is 6.03 Å². The molecule has 3 unspecified atom stereocenters. The Morgan fingerprint density at radius 2 is 2.26 bits per heavy atom. The predicted molar refractivity (Wildman–Crippen MR) is 78.4 cm³/mol. The lowest BCUT2D eigenvalue weighted by molar-refractivity contribution is 0.134. The van der Waals surface area contributed by atoms with Gasteiger partial charge in [0.05, 0.1) is 16.7 Å². The molecule has 2 heterocycles. The van der Waals surface area contributed by atoms with E-state index in [1.165, 1.54) is 6.42 Å². The molecule has 0 radical (unpaired) electrons. The Hall–Kier alpha value is -1.10. The smallest absolute Gasteiger partial charge is 0.318 e. The summed E-state index contributed by atoms with van der Waals surface area (Å²) in [6.45, 7) is 9.17. The van der Waals surface area contributed by atoms with E-state index < -0.39 is 0 Å². The van der Waals surface area contributed by atoms with E-state index in [2.05, 4.69) is 24.1 Å². The number of aromatic nitrogens is 1. The predicted octanol–water partition coefficient (Wildman–Crippen LogP) is 3.34. The molecule has 1 aliphatic rings. The van der Waals surface area contributed by atoms with Crippen LogP contribution in [0.25, 0.3) is 0 Å². The number of urea groups is 1. The highest BCUT2D eigenvalue weighted by Crippen LogP contribution is 2.22. The molecule has 1 aromatic rings. The molecule has 0 aromatic carbocycles. The second-order valence-corrected chi connectivity index (χ2v) is 6.71. The van der Waals surface area contributed by atoms with Crippen LogP contribution in [-0.4, -0.2) is 28.5 Å². The largest absolute Gasteiger partial charge is 0.330 e. The van der Waals surface area contributed by atoms with Crippen molar-refractivity contribution in [2.24, 2.45) is 5.92 Å². The molecule has 1 saturated heterocycles. The van der Waals surface area contributed by atoms with Crippen molar-refractivity contribution in [1.82, 2.24) is 15.2 Å². The SMILES string of the molecule is Cc1nc(C(C)NC(=O)N2CC(C)CCC2C)cs1. The van der Waals surface area contributed by atoms with Crippen molar-refractivity contribution < 1.29 is 4.79 Å². The van der Waals surface area contributed by atoms with Crippen molar-refractivity contribution in [3.63, 3.8) is 0 Å². The zero-order valence-electron chi connectivity index (χ0n) is 12.1. The van der Waals surface area contributed by atoms with Crippen LogP contribution in [-0.2, 0) is 0 Å². The van der Waals surface area contributed by atoms with Gasteiger partial charge in [-0.15, -0.1) is 11.3 Å². The summed E-state index contributed by atoms with van der Waals surface area (Å²) in [5.74, 6) is 0.596. The van der Waals surface area contributed by atoms with Crippen LogP contribution in [0.1, 0.15) is 50.4 Å². The van der Waals surface area contributed by atoms with Gasteiger partial charge in [-0.3, -0.25) is 0 Å². The summed E-state index contributed by atoms with van der Waals surface area (Å²) in [7, 11) is 0. The lowest BCUT2D eigenvalue weighted by Gasteiger charge is -2.37. The maximum absolute atomic E-state index is 12.3. The Kier molecular flexibility index (Phi) is 4.45. The number of hydrogen-bond acceptors (Lipinski definition) is 3. The zero-order valence-corrected chi connectivity index (χ0v) is 13.0. The number of nitrogens with zero attached hydrogens (tertiary/aromatic N) is 2. The lowest BCUT2D eigenvalue weighted by atomic mass is 9.95. The van der Waals surface area contributed by atoms with Gasteiger partial charge in [0.1, 0.15) is 0 Å². The van der Waals surface area contributed by atoms with Gasteiger partial charge in [0.25, 0.3) is 0 Å². The van der Waals surface area contributed by atoms with Crippen molar-refractivity contribution in [2.45, 2.75) is 52.6 Å². The molecule has 2 rings (SSSR count). The number of piperidine rings is 1. The Morgan fingerprint density at radius 1 is 1.53 bits per heavy atom. The number of hydrogen-bond donors (Lipinski definition) is 1. The molecule has 0 spiro atoms. The third-order valence-electron chi connectivity index (χ3n) is 3.80. The second kappa shape index (κ2) is 5.90. The summed E-state index contributed by atoms with van der Waals surface area (Å²) in [4.78, 5) is 18.7. The van der Waals surface area contributed by atoms with Crippen LogP contribution < -0.4 is 5.32 Å². The van der Waals surface area contributed by atoms with Crippen LogP contribution in [0, 0.1) is 12.8 Å². The second-order valence-electron chi connectivity index (χ2n) is 5.65. The minimum absolute atomic E-state index is 0.0260. The topological polar surface area (TPSA) is 45.2 Å². The minimum atomic E-state index is -0.0260. The first-order valence-corrected chi connectivity index (χ1v) is 7.84. The molecule has 1 aliphatic heterocycles. The number of amides is 2. The van der Waals surface area contributed by atoms with Gasteiger partial charge in [-0.25, -0.2) is 9.78 Å². The average Bonchev–Trinajstić information content (AvgIpc) is 2.79. The van der Waals surface area contributed by atoms with Crippen molar-refractivity contribution in [2.75, 3.05) is 6.54 Å². The maximum Gasteiger partial charge on any atom is 0.318 e. The van der Waals surface area contributed by atoms with Gasteiger partial charge in [-0.05, 0) is 39.5 Å². The van der Waals surface area contributed by atoms with Gasteiger partial charge in [-0.2, -0.15) is 0 Å². The molecule has 4 nitrogen and oxygen atoms in total. The van der Waals surface area contributed by atoms with Crippen molar-refractivity contribution in [1.29, 1.82) is 0 Å². The van der Waals surface area contributed by atoms with Crippen molar-refractivity contribution in [3.8, 4) is 0 Å². The van der Waals surface area contributed by atoms with E-state index in [-0.39, 0.29) is 12.1 Å². The molecule has 0 saturated carbocycles. The van der Waals surface area contributed by atoms with E-state index in [0.717, 1.165) is 23.7 Å². The summed E-state index contributed by atoms with van der Waals surface area (Å²) >= 11 is 1.62. The molecule has 1 aromatic heterocycles. The zero-order chi connectivity index (χ0) is 14.0. The van der Waals surface area contributed by atoms with Gasteiger partial charge in [0.15, 0.2) is 0 Å². The first-order chi connectivity index (χ1) is 8.97. The van der Waals surface area contributed by atoms with Gasteiger partial charge in [0, 0.05) is 18.0 Å². The van der Waals surface area contributed by atoms with E-state index >= 15 is 0 Å². The third-order valence-corrected chi connectivity index (χ3v) is 4.59. The third kappa shape index (κ3) is 3.47. The molecule has 0 aliphatic carbocycles. The number of thiazole rings is 1. The summed E-state index contributed by atoms with van der Waals surface area (Å²) in [6.07, 6.45) is 2.31. The molecular weight excluding hydrogens is 258 g/mol. The number of aryl methyl sites for hydroxylation is 1. The molecule has 3 atom stereocenters. The van der Waals surface area contributed by atoms with E-state index in [1.54, 1.807) is 11.3 Å². The summed E-state index contributed by atoms with van der Waals surface area (Å²) in [6, 6.07) is 0.347. The number of likely N-dealkylation sites (tertiary alicyclic amines) is 1. The highest BCUT2D eigenvalue weighted by molar-refractivity contribution is 7.09. The van der Waals surface area contributed by atoms with E-state index in [4.69, 9.17) is 0 Å². The Morgan fingerprint density at radius 3 is 2.89 bits per heavy atom. The normalized spacial score (nSPS) is 25.2. The van der Waals surface area contributed by atoms with Crippen LogP contribution in [0.4, 0.5) is 4.79 Å².